The number of sulfonamides is 1. The molecule has 1 saturated heterocycles. The van der Waals surface area contributed by atoms with Crippen LogP contribution in [0, 0.1) is 5.82 Å². The van der Waals surface area contributed by atoms with E-state index in [1.807, 2.05) is 24.3 Å². The van der Waals surface area contributed by atoms with E-state index in [2.05, 4.69) is 5.32 Å². The Morgan fingerprint density at radius 2 is 1.79 bits per heavy atom. The van der Waals surface area contributed by atoms with Crippen molar-refractivity contribution in [1.29, 1.82) is 0 Å². The van der Waals surface area contributed by atoms with Crippen molar-refractivity contribution in [2.24, 2.45) is 0 Å². The molecule has 3 rings (SSSR count). The van der Waals surface area contributed by atoms with Gasteiger partial charge >= 0.3 is 0 Å². The number of quaternary nitrogens is 1. The Morgan fingerprint density at radius 3 is 2.41 bits per heavy atom. The standard InChI is InChI=1S/C20H24FN3O4S/c1-28-17-8-6-16(7-9-17)14-22-20(25)15-23-10-12-24(13-11-23)29(26,27)19-5-3-2-4-18(19)21/h2-9H,10-15H2,1H3,(H,22,25)/p+1. The molecule has 2 aromatic rings. The minimum atomic E-state index is -3.86. The molecule has 0 aromatic heterocycles. The Morgan fingerprint density at radius 1 is 1.14 bits per heavy atom. The minimum absolute atomic E-state index is 0.0961. The van der Waals surface area contributed by atoms with Crippen LogP contribution < -0.4 is 15.0 Å². The van der Waals surface area contributed by atoms with Gasteiger partial charge in [0, 0.05) is 6.54 Å². The third-order valence-electron chi connectivity index (χ3n) is 4.94. The molecule has 7 nitrogen and oxygen atoms in total. The first-order valence-electron chi connectivity index (χ1n) is 9.38. The summed E-state index contributed by atoms with van der Waals surface area (Å²) in [5.74, 6) is -0.0888. The average Bonchev–Trinajstić information content (AvgIpc) is 2.73. The first-order chi connectivity index (χ1) is 13.9. The van der Waals surface area contributed by atoms with Crippen molar-refractivity contribution in [2.45, 2.75) is 11.4 Å². The Balaban J connectivity index is 1.48. The molecule has 1 aliphatic rings. The number of nitrogens with zero attached hydrogens (tertiary/aromatic N) is 1. The average molecular weight is 423 g/mol. The van der Waals surface area contributed by atoms with Crippen molar-refractivity contribution in [1.82, 2.24) is 9.62 Å². The fourth-order valence-corrected chi connectivity index (χ4v) is 4.75. The van der Waals surface area contributed by atoms with Gasteiger partial charge in [0.25, 0.3) is 5.91 Å². The topological polar surface area (TPSA) is 80.2 Å². The zero-order valence-corrected chi connectivity index (χ0v) is 17.0. The first kappa shape index (κ1) is 21.2. The summed E-state index contributed by atoms with van der Waals surface area (Å²) >= 11 is 0. The number of piperazine rings is 1. The first-order valence-corrected chi connectivity index (χ1v) is 10.8. The van der Waals surface area contributed by atoms with Crippen LogP contribution in [-0.2, 0) is 21.4 Å². The molecule has 9 heteroatoms. The van der Waals surface area contributed by atoms with Gasteiger partial charge < -0.3 is 15.0 Å². The quantitative estimate of drug-likeness (QED) is 0.660. The molecule has 156 valence electrons. The van der Waals surface area contributed by atoms with Crippen molar-refractivity contribution in [3.8, 4) is 5.75 Å². The van der Waals surface area contributed by atoms with Crippen molar-refractivity contribution in [3.05, 3.63) is 59.9 Å². The number of amides is 1. The third-order valence-corrected chi connectivity index (χ3v) is 6.88. The van der Waals surface area contributed by atoms with Crippen LogP contribution in [0.2, 0.25) is 0 Å². The fraction of sp³-hybridized carbons (Fsp3) is 0.350. The van der Waals surface area contributed by atoms with Crippen LogP contribution in [0.15, 0.2) is 53.4 Å². The van der Waals surface area contributed by atoms with E-state index in [4.69, 9.17) is 4.74 Å². The number of ether oxygens (including phenoxy) is 1. The lowest BCUT2D eigenvalue weighted by Gasteiger charge is -2.31. The number of benzene rings is 2. The minimum Gasteiger partial charge on any atom is -0.497 e. The number of rotatable bonds is 7. The van der Waals surface area contributed by atoms with E-state index in [1.165, 1.54) is 22.5 Å². The van der Waals surface area contributed by atoms with Gasteiger partial charge in [-0.05, 0) is 29.8 Å². The van der Waals surface area contributed by atoms with Crippen molar-refractivity contribution in [3.63, 3.8) is 0 Å². The molecule has 29 heavy (non-hydrogen) atoms. The molecule has 0 spiro atoms. The van der Waals surface area contributed by atoms with Crippen LogP contribution in [-0.4, -0.2) is 58.5 Å². The summed E-state index contributed by atoms with van der Waals surface area (Å²) in [6.07, 6.45) is 0. The van der Waals surface area contributed by atoms with Gasteiger partial charge in [-0.3, -0.25) is 4.79 Å². The van der Waals surface area contributed by atoms with E-state index in [1.54, 1.807) is 7.11 Å². The summed E-state index contributed by atoms with van der Waals surface area (Å²) in [5.41, 5.74) is 0.968. The van der Waals surface area contributed by atoms with Crippen LogP contribution >= 0.6 is 0 Å². The zero-order valence-electron chi connectivity index (χ0n) is 16.2. The highest BCUT2D eigenvalue weighted by atomic mass is 32.2. The molecule has 1 fully saturated rings. The molecular formula is C20H25FN3O4S+. The molecule has 0 aliphatic carbocycles. The Kier molecular flexibility index (Phi) is 6.83. The van der Waals surface area contributed by atoms with Crippen LogP contribution in [0.4, 0.5) is 4.39 Å². The highest BCUT2D eigenvalue weighted by Gasteiger charge is 2.32. The van der Waals surface area contributed by atoms with E-state index < -0.39 is 15.8 Å². The lowest BCUT2D eigenvalue weighted by atomic mass is 10.2. The summed E-state index contributed by atoms with van der Waals surface area (Å²) < 4.78 is 45.5. The van der Waals surface area contributed by atoms with Crippen molar-refractivity contribution in [2.75, 3.05) is 39.8 Å². The van der Waals surface area contributed by atoms with Gasteiger partial charge in [-0.25, -0.2) is 12.8 Å². The molecule has 0 radical (unpaired) electrons. The molecular weight excluding hydrogens is 397 g/mol. The number of hydrogen-bond donors (Lipinski definition) is 2. The van der Waals surface area contributed by atoms with Crippen molar-refractivity contribution >= 4 is 15.9 Å². The maximum absolute atomic E-state index is 13.9. The van der Waals surface area contributed by atoms with E-state index in [0.717, 1.165) is 22.3 Å². The van der Waals surface area contributed by atoms with Crippen LogP contribution in [0.5, 0.6) is 5.75 Å². The Hall–Kier alpha value is -2.49. The summed E-state index contributed by atoms with van der Waals surface area (Å²) in [5, 5.41) is 2.88. The molecule has 1 amide bonds. The molecule has 0 bridgehead atoms. The van der Waals surface area contributed by atoms with Gasteiger partial charge in [0.2, 0.25) is 10.0 Å². The van der Waals surface area contributed by atoms with Crippen LogP contribution in [0.25, 0.3) is 0 Å². The predicted molar refractivity (Wildman–Crippen MR) is 106 cm³/mol. The van der Waals surface area contributed by atoms with Gasteiger partial charge in [-0.2, -0.15) is 4.31 Å². The Bertz CT molecular complexity index is 942. The van der Waals surface area contributed by atoms with Gasteiger partial charge in [-0.15, -0.1) is 0 Å². The van der Waals surface area contributed by atoms with Gasteiger partial charge in [-0.1, -0.05) is 24.3 Å². The highest BCUT2D eigenvalue weighted by molar-refractivity contribution is 7.89. The number of hydrogen-bond acceptors (Lipinski definition) is 4. The normalized spacial score (nSPS) is 15.8. The van der Waals surface area contributed by atoms with E-state index >= 15 is 0 Å². The predicted octanol–water partition coefficient (Wildman–Crippen LogP) is 0.0399. The fourth-order valence-electron chi connectivity index (χ4n) is 3.25. The SMILES string of the molecule is COc1ccc(CNC(=O)C[NH+]2CCN(S(=O)(=O)c3ccccc3F)CC2)cc1. The van der Waals surface area contributed by atoms with Crippen LogP contribution in [0.1, 0.15) is 5.56 Å². The highest BCUT2D eigenvalue weighted by Crippen LogP contribution is 2.18. The number of carbonyl (C=O) groups is 1. The summed E-state index contributed by atoms with van der Waals surface area (Å²) in [6, 6.07) is 12.8. The maximum Gasteiger partial charge on any atom is 0.275 e. The summed E-state index contributed by atoms with van der Waals surface area (Å²) in [6.45, 7) is 2.16. The monoisotopic (exact) mass is 422 g/mol. The number of halogens is 1. The van der Waals surface area contributed by atoms with Gasteiger partial charge in [0.15, 0.2) is 6.54 Å². The number of carbonyl (C=O) groups excluding carboxylic acids is 1. The second-order valence-corrected chi connectivity index (χ2v) is 8.79. The van der Waals surface area contributed by atoms with Gasteiger partial charge in [0.05, 0.1) is 33.3 Å². The zero-order chi connectivity index (χ0) is 20.9. The molecule has 0 saturated carbocycles. The maximum atomic E-state index is 13.9. The van der Waals surface area contributed by atoms with Crippen molar-refractivity contribution < 1.29 is 27.2 Å². The lowest BCUT2D eigenvalue weighted by molar-refractivity contribution is -0.895. The van der Waals surface area contributed by atoms with Crippen LogP contribution in [0.3, 0.4) is 0 Å². The van der Waals surface area contributed by atoms with Gasteiger partial charge in [0.1, 0.15) is 16.5 Å². The second kappa shape index (κ2) is 9.34. The molecule has 0 unspecified atom stereocenters. The van der Waals surface area contributed by atoms with E-state index in [-0.39, 0.29) is 30.4 Å². The molecule has 2 N–H and O–H groups in total. The smallest absolute Gasteiger partial charge is 0.275 e. The number of nitrogens with one attached hydrogen (secondary N) is 2. The molecule has 2 aromatic carbocycles. The largest absolute Gasteiger partial charge is 0.497 e. The molecule has 1 aliphatic heterocycles. The molecule has 0 atom stereocenters. The van der Waals surface area contributed by atoms with E-state index in [0.29, 0.717) is 19.6 Å². The number of methoxy groups -OCH3 is 1. The lowest BCUT2D eigenvalue weighted by Crippen LogP contribution is -3.15. The molecule has 1 heterocycles. The second-order valence-electron chi connectivity index (χ2n) is 6.89. The van der Waals surface area contributed by atoms with E-state index in [9.17, 15) is 17.6 Å². The Labute approximate surface area is 170 Å². The summed E-state index contributed by atoms with van der Waals surface area (Å²) in [4.78, 5) is 12.9. The summed E-state index contributed by atoms with van der Waals surface area (Å²) in [7, 11) is -2.26. The third kappa shape index (κ3) is 5.31.